The summed E-state index contributed by atoms with van der Waals surface area (Å²) in [6.07, 6.45) is 6.50. The summed E-state index contributed by atoms with van der Waals surface area (Å²) in [6, 6.07) is 0.274. The smallest absolute Gasteiger partial charge is 0.258 e. The molecule has 1 aliphatic carbocycles. The van der Waals surface area contributed by atoms with Gasteiger partial charge in [0.25, 0.3) is 5.91 Å². The van der Waals surface area contributed by atoms with Crippen molar-refractivity contribution in [3.05, 3.63) is 11.8 Å². The SMILES string of the molecule is CCOc1nn(CC)cc1C(=O)NC1CCCCC1C. The van der Waals surface area contributed by atoms with Crippen molar-refractivity contribution in [1.82, 2.24) is 15.1 Å². The van der Waals surface area contributed by atoms with Gasteiger partial charge in [-0.25, -0.2) is 0 Å². The molecule has 2 atom stereocenters. The normalized spacial score (nSPS) is 22.6. The van der Waals surface area contributed by atoms with Gasteiger partial charge in [-0.3, -0.25) is 9.48 Å². The van der Waals surface area contributed by atoms with E-state index in [9.17, 15) is 4.79 Å². The van der Waals surface area contributed by atoms with Crippen molar-refractivity contribution in [3.8, 4) is 5.88 Å². The third kappa shape index (κ3) is 3.32. The Morgan fingerprint density at radius 2 is 2.20 bits per heavy atom. The number of nitrogens with one attached hydrogen (secondary N) is 1. The van der Waals surface area contributed by atoms with E-state index in [-0.39, 0.29) is 11.9 Å². The number of aryl methyl sites for hydroxylation is 1. The predicted molar refractivity (Wildman–Crippen MR) is 78.0 cm³/mol. The first-order chi connectivity index (χ1) is 9.65. The molecule has 1 fully saturated rings. The largest absolute Gasteiger partial charge is 0.476 e. The van der Waals surface area contributed by atoms with Crippen molar-refractivity contribution < 1.29 is 9.53 Å². The van der Waals surface area contributed by atoms with E-state index >= 15 is 0 Å². The molecule has 1 amide bonds. The van der Waals surface area contributed by atoms with Gasteiger partial charge in [0, 0.05) is 18.8 Å². The van der Waals surface area contributed by atoms with Crippen LogP contribution in [0.2, 0.25) is 0 Å². The molecular formula is C15H25N3O2. The number of carbonyl (C=O) groups excluding carboxylic acids is 1. The van der Waals surface area contributed by atoms with Gasteiger partial charge in [0.15, 0.2) is 0 Å². The second-order valence-electron chi connectivity index (χ2n) is 5.48. The molecule has 0 aliphatic heterocycles. The van der Waals surface area contributed by atoms with Crippen molar-refractivity contribution in [2.24, 2.45) is 5.92 Å². The molecule has 0 radical (unpaired) electrons. The topological polar surface area (TPSA) is 56.2 Å². The number of nitrogens with zero attached hydrogens (tertiary/aromatic N) is 2. The van der Waals surface area contributed by atoms with Crippen LogP contribution in [0.25, 0.3) is 0 Å². The Labute approximate surface area is 120 Å². The van der Waals surface area contributed by atoms with Gasteiger partial charge >= 0.3 is 0 Å². The van der Waals surface area contributed by atoms with E-state index in [2.05, 4.69) is 17.3 Å². The molecule has 0 aromatic carbocycles. The third-order valence-electron chi connectivity index (χ3n) is 4.01. The lowest BCUT2D eigenvalue weighted by Crippen LogP contribution is -2.41. The molecule has 1 aromatic rings. The maximum atomic E-state index is 12.4. The maximum absolute atomic E-state index is 12.4. The quantitative estimate of drug-likeness (QED) is 0.901. The van der Waals surface area contributed by atoms with Crippen molar-refractivity contribution in [3.63, 3.8) is 0 Å². The molecule has 2 rings (SSSR count). The van der Waals surface area contributed by atoms with Crippen LogP contribution in [0.5, 0.6) is 5.88 Å². The fourth-order valence-corrected chi connectivity index (χ4v) is 2.74. The number of aromatic nitrogens is 2. The highest BCUT2D eigenvalue weighted by Crippen LogP contribution is 2.25. The first-order valence-electron chi connectivity index (χ1n) is 7.66. The number of ether oxygens (including phenoxy) is 1. The van der Waals surface area contributed by atoms with Crippen molar-refractivity contribution in [2.45, 2.75) is 59.0 Å². The maximum Gasteiger partial charge on any atom is 0.258 e. The van der Waals surface area contributed by atoms with Crippen LogP contribution in [0.3, 0.4) is 0 Å². The summed E-state index contributed by atoms with van der Waals surface area (Å²) in [5.41, 5.74) is 0.548. The van der Waals surface area contributed by atoms with Gasteiger partial charge in [0.05, 0.1) is 6.61 Å². The number of hydrogen-bond acceptors (Lipinski definition) is 3. The molecule has 1 saturated carbocycles. The van der Waals surface area contributed by atoms with Crippen molar-refractivity contribution in [2.75, 3.05) is 6.61 Å². The number of hydrogen-bond donors (Lipinski definition) is 1. The molecule has 1 aliphatic rings. The Morgan fingerprint density at radius 1 is 1.45 bits per heavy atom. The summed E-state index contributed by atoms with van der Waals surface area (Å²) in [7, 11) is 0. The van der Waals surface area contributed by atoms with Crippen LogP contribution in [0.1, 0.15) is 56.8 Å². The fourth-order valence-electron chi connectivity index (χ4n) is 2.74. The molecule has 112 valence electrons. The zero-order valence-corrected chi connectivity index (χ0v) is 12.7. The highest BCUT2D eigenvalue weighted by Gasteiger charge is 2.25. The van der Waals surface area contributed by atoms with Crippen LogP contribution in [0.15, 0.2) is 6.20 Å². The minimum atomic E-state index is -0.0631. The van der Waals surface area contributed by atoms with Gasteiger partial charge in [-0.2, -0.15) is 0 Å². The lowest BCUT2D eigenvalue weighted by atomic mass is 9.86. The summed E-state index contributed by atoms with van der Waals surface area (Å²) in [5.74, 6) is 0.923. The summed E-state index contributed by atoms with van der Waals surface area (Å²) in [6.45, 7) is 7.35. The molecule has 1 aromatic heterocycles. The monoisotopic (exact) mass is 279 g/mol. The molecule has 5 nitrogen and oxygen atoms in total. The Balaban J connectivity index is 2.09. The Hall–Kier alpha value is -1.52. The summed E-state index contributed by atoms with van der Waals surface area (Å²) < 4.78 is 7.20. The highest BCUT2D eigenvalue weighted by atomic mass is 16.5. The van der Waals surface area contributed by atoms with Crippen LogP contribution in [-0.4, -0.2) is 28.3 Å². The summed E-state index contributed by atoms with van der Waals surface area (Å²) in [4.78, 5) is 12.4. The average molecular weight is 279 g/mol. The standard InChI is InChI=1S/C15H25N3O2/c1-4-18-10-12(15(17-18)20-5-2)14(19)16-13-9-7-6-8-11(13)3/h10-11,13H,4-9H2,1-3H3,(H,16,19). The average Bonchev–Trinajstić information content (AvgIpc) is 2.85. The van der Waals surface area contributed by atoms with Gasteiger partial charge in [0.1, 0.15) is 5.56 Å². The second-order valence-corrected chi connectivity index (χ2v) is 5.48. The van der Waals surface area contributed by atoms with E-state index in [4.69, 9.17) is 4.74 Å². The molecule has 2 unspecified atom stereocenters. The van der Waals surface area contributed by atoms with Gasteiger partial charge in [-0.1, -0.05) is 19.8 Å². The minimum Gasteiger partial charge on any atom is -0.476 e. The lowest BCUT2D eigenvalue weighted by Gasteiger charge is -2.29. The molecule has 0 bridgehead atoms. The zero-order valence-electron chi connectivity index (χ0n) is 12.7. The Morgan fingerprint density at radius 3 is 2.85 bits per heavy atom. The van der Waals surface area contributed by atoms with Crippen molar-refractivity contribution >= 4 is 5.91 Å². The van der Waals surface area contributed by atoms with Crippen molar-refractivity contribution in [1.29, 1.82) is 0 Å². The minimum absolute atomic E-state index is 0.0631. The van der Waals surface area contributed by atoms with E-state index < -0.39 is 0 Å². The number of amides is 1. The Bertz CT molecular complexity index is 456. The molecule has 0 saturated heterocycles. The Kier molecular flexibility index (Phi) is 5.04. The summed E-state index contributed by atoms with van der Waals surface area (Å²) >= 11 is 0. The van der Waals surface area contributed by atoms with E-state index in [1.54, 1.807) is 10.9 Å². The van der Waals surface area contributed by atoms with Gasteiger partial charge in [-0.05, 0) is 32.6 Å². The molecule has 20 heavy (non-hydrogen) atoms. The van der Waals surface area contributed by atoms with E-state index in [1.165, 1.54) is 19.3 Å². The number of rotatable bonds is 5. The predicted octanol–water partition coefficient (Wildman–Crippen LogP) is 2.61. The van der Waals surface area contributed by atoms with Crippen LogP contribution >= 0.6 is 0 Å². The fraction of sp³-hybridized carbons (Fsp3) is 0.733. The van der Waals surface area contributed by atoms with Crippen LogP contribution in [-0.2, 0) is 6.54 Å². The molecule has 5 heteroatoms. The van der Waals surface area contributed by atoms with Crippen LogP contribution in [0, 0.1) is 5.92 Å². The first kappa shape index (κ1) is 14.9. The highest BCUT2D eigenvalue weighted by molar-refractivity contribution is 5.96. The van der Waals surface area contributed by atoms with Gasteiger partial charge in [-0.15, -0.1) is 5.10 Å². The second kappa shape index (κ2) is 6.77. The first-order valence-corrected chi connectivity index (χ1v) is 7.66. The molecule has 1 heterocycles. The van der Waals surface area contributed by atoms with Gasteiger partial charge in [0.2, 0.25) is 5.88 Å². The van der Waals surface area contributed by atoms with E-state index in [0.717, 1.165) is 13.0 Å². The number of carbonyl (C=O) groups is 1. The van der Waals surface area contributed by atoms with E-state index in [1.807, 2.05) is 13.8 Å². The molecular weight excluding hydrogens is 254 g/mol. The zero-order chi connectivity index (χ0) is 14.5. The summed E-state index contributed by atoms with van der Waals surface area (Å²) in [5, 5.41) is 7.43. The molecule has 1 N–H and O–H groups in total. The van der Waals surface area contributed by atoms with E-state index in [0.29, 0.717) is 24.0 Å². The third-order valence-corrected chi connectivity index (χ3v) is 4.01. The molecule has 0 spiro atoms. The van der Waals surface area contributed by atoms with Crippen LogP contribution < -0.4 is 10.1 Å². The van der Waals surface area contributed by atoms with Gasteiger partial charge < -0.3 is 10.1 Å². The van der Waals surface area contributed by atoms with Crippen LogP contribution in [0.4, 0.5) is 0 Å². The lowest BCUT2D eigenvalue weighted by molar-refractivity contribution is 0.0906.